The van der Waals surface area contributed by atoms with Gasteiger partial charge in [0, 0.05) is 55.2 Å². The molecule has 0 atom stereocenters. The zero-order valence-electron chi connectivity index (χ0n) is 19.4. The van der Waals surface area contributed by atoms with E-state index in [4.69, 9.17) is 27.6 Å². The van der Waals surface area contributed by atoms with Crippen LogP contribution in [-0.4, -0.2) is 37.0 Å². The van der Waals surface area contributed by atoms with Crippen LogP contribution < -0.4 is 10.2 Å². The highest BCUT2D eigenvalue weighted by Gasteiger charge is 2.19. The largest absolute Gasteiger partial charge is 0.451 e. The van der Waals surface area contributed by atoms with Crippen molar-refractivity contribution < 1.29 is 13.6 Å². The van der Waals surface area contributed by atoms with E-state index in [2.05, 4.69) is 15.1 Å². The van der Waals surface area contributed by atoms with Crippen LogP contribution >= 0.6 is 23.2 Å². The molecular formula is C28H24Cl2FN3O2. The fourth-order valence-corrected chi connectivity index (χ4v) is 4.54. The van der Waals surface area contributed by atoms with Gasteiger partial charge in [-0.15, -0.1) is 0 Å². The third-order valence-corrected chi connectivity index (χ3v) is 6.99. The highest BCUT2D eigenvalue weighted by atomic mass is 35.5. The Kier molecular flexibility index (Phi) is 7.28. The van der Waals surface area contributed by atoms with Crippen LogP contribution in [0.3, 0.4) is 0 Å². The molecule has 1 aliphatic rings. The molecule has 1 N–H and O–H groups in total. The first kappa shape index (κ1) is 24.4. The van der Waals surface area contributed by atoms with Crippen molar-refractivity contribution in [1.29, 1.82) is 0 Å². The lowest BCUT2D eigenvalue weighted by atomic mass is 10.1. The summed E-state index contributed by atoms with van der Waals surface area (Å²) in [5.41, 5.74) is 3.22. The fraction of sp³-hybridized carbons (Fsp3) is 0.179. The number of halogens is 3. The maximum Gasteiger partial charge on any atom is 0.291 e. The van der Waals surface area contributed by atoms with E-state index >= 15 is 0 Å². The minimum atomic E-state index is -0.337. The lowest BCUT2D eigenvalue weighted by Crippen LogP contribution is -2.46. The van der Waals surface area contributed by atoms with Gasteiger partial charge in [-0.25, -0.2) is 4.39 Å². The number of furan rings is 1. The number of rotatable bonds is 6. The lowest BCUT2D eigenvalue weighted by Gasteiger charge is -2.36. The molecule has 1 aromatic heterocycles. The summed E-state index contributed by atoms with van der Waals surface area (Å²) >= 11 is 12.1. The van der Waals surface area contributed by atoms with Gasteiger partial charge >= 0.3 is 0 Å². The van der Waals surface area contributed by atoms with Crippen molar-refractivity contribution in [1.82, 2.24) is 4.90 Å². The number of nitrogens with zero attached hydrogens (tertiary/aromatic N) is 2. The molecule has 0 spiro atoms. The SMILES string of the molecule is O=C(Nc1ccc(N2CCN(Cc3ccccc3F)CC2)cc1)c1ccc(-c2ccc(Cl)c(Cl)c2)o1. The van der Waals surface area contributed by atoms with Crippen molar-refractivity contribution >= 4 is 40.5 Å². The fourth-order valence-electron chi connectivity index (χ4n) is 4.24. The molecule has 1 fully saturated rings. The Morgan fingerprint density at radius 3 is 2.36 bits per heavy atom. The number of anilines is 2. The first-order valence-electron chi connectivity index (χ1n) is 11.6. The van der Waals surface area contributed by atoms with E-state index in [9.17, 15) is 9.18 Å². The summed E-state index contributed by atoms with van der Waals surface area (Å²) in [5.74, 6) is 0.239. The van der Waals surface area contributed by atoms with Gasteiger partial charge in [0.15, 0.2) is 5.76 Å². The topological polar surface area (TPSA) is 48.7 Å². The molecule has 0 radical (unpaired) electrons. The molecule has 1 saturated heterocycles. The average molecular weight is 524 g/mol. The Balaban J connectivity index is 1.16. The van der Waals surface area contributed by atoms with Gasteiger partial charge in [0.05, 0.1) is 10.0 Å². The molecule has 5 nitrogen and oxygen atoms in total. The average Bonchev–Trinajstić information content (AvgIpc) is 3.39. The van der Waals surface area contributed by atoms with Crippen molar-refractivity contribution in [3.05, 3.63) is 106 Å². The Morgan fingerprint density at radius 2 is 1.64 bits per heavy atom. The smallest absolute Gasteiger partial charge is 0.291 e. The molecule has 4 aromatic rings. The van der Waals surface area contributed by atoms with Gasteiger partial charge in [-0.3, -0.25) is 9.69 Å². The third-order valence-electron chi connectivity index (χ3n) is 6.25. The molecule has 0 unspecified atom stereocenters. The standard InChI is InChI=1S/C28H24Cl2FN3O2/c29-23-10-5-19(17-24(23)30)26-11-12-27(36-26)28(35)32-21-6-8-22(9-7-21)34-15-13-33(14-16-34)18-20-3-1-2-4-25(20)31/h1-12,17H,13-16,18H2,(H,32,35). The van der Waals surface area contributed by atoms with Crippen molar-refractivity contribution in [2.75, 3.05) is 36.4 Å². The second-order valence-corrected chi connectivity index (χ2v) is 9.46. The minimum Gasteiger partial charge on any atom is -0.451 e. The maximum absolute atomic E-state index is 13.9. The molecule has 0 aliphatic carbocycles. The Labute approximate surface area is 219 Å². The van der Waals surface area contributed by atoms with E-state index < -0.39 is 0 Å². The number of hydrogen-bond acceptors (Lipinski definition) is 4. The molecule has 0 bridgehead atoms. The predicted molar refractivity (Wildman–Crippen MR) is 142 cm³/mol. The summed E-state index contributed by atoms with van der Waals surface area (Å²) in [4.78, 5) is 17.2. The molecule has 2 heterocycles. The monoisotopic (exact) mass is 523 g/mol. The van der Waals surface area contributed by atoms with Crippen molar-refractivity contribution in [2.45, 2.75) is 6.54 Å². The molecule has 184 valence electrons. The van der Waals surface area contributed by atoms with Crippen LogP contribution in [0, 0.1) is 5.82 Å². The molecular weight excluding hydrogens is 500 g/mol. The summed E-state index contributed by atoms with van der Waals surface area (Å²) in [7, 11) is 0. The quantitative estimate of drug-likeness (QED) is 0.296. The number of piperazine rings is 1. The number of benzene rings is 3. The summed E-state index contributed by atoms with van der Waals surface area (Å²) in [6.45, 7) is 4.03. The normalized spacial score (nSPS) is 14.1. The maximum atomic E-state index is 13.9. The Hall–Kier alpha value is -3.32. The van der Waals surface area contributed by atoms with E-state index in [-0.39, 0.29) is 17.5 Å². The van der Waals surface area contributed by atoms with Crippen LogP contribution in [0.5, 0.6) is 0 Å². The van der Waals surface area contributed by atoms with Crippen LogP contribution in [0.25, 0.3) is 11.3 Å². The first-order chi connectivity index (χ1) is 17.5. The van der Waals surface area contributed by atoms with E-state index in [1.807, 2.05) is 36.4 Å². The summed E-state index contributed by atoms with van der Waals surface area (Å²) in [6.07, 6.45) is 0. The third kappa shape index (κ3) is 5.57. The number of nitrogens with one attached hydrogen (secondary N) is 1. The first-order valence-corrected chi connectivity index (χ1v) is 12.4. The van der Waals surface area contributed by atoms with Crippen LogP contribution in [0.4, 0.5) is 15.8 Å². The van der Waals surface area contributed by atoms with Crippen LogP contribution in [0.2, 0.25) is 10.0 Å². The van der Waals surface area contributed by atoms with E-state index in [1.54, 1.807) is 36.4 Å². The molecule has 5 rings (SSSR count). The zero-order chi connectivity index (χ0) is 25.1. The van der Waals surface area contributed by atoms with Crippen molar-refractivity contribution in [3.63, 3.8) is 0 Å². The van der Waals surface area contributed by atoms with Gasteiger partial charge in [0.1, 0.15) is 11.6 Å². The number of carbonyl (C=O) groups is 1. The number of carbonyl (C=O) groups excluding carboxylic acids is 1. The molecule has 0 saturated carbocycles. The molecule has 1 amide bonds. The van der Waals surface area contributed by atoms with Gasteiger partial charge < -0.3 is 14.6 Å². The van der Waals surface area contributed by atoms with Crippen LogP contribution in [0.15, 0.2) is 83.3 Å². The summed E-state index contributed by atoms with van der Waals surface area (Å²) in [6, 6.07) is 23.2. The highest BCUT2D eigenvalue weighted by Crippen LogP contribution is 2.30. The summed E-state index contributed by atoms with van der Waals surface area (Å²) in [5, 5.41) is 3.75. The number of hydrogen-bond donors (Lipinski definition) is 1. The molecule has 3 aromatic carbocycles. The predicted octanol–water partition coefficient (Wildman–Crippen LogP) is 6.97. The molecule has 1 aliphatic heterocycles. The van der Waals surface area contributed by atoms with Crippen LogP contribution in [0.1, 0.15) is 16.1 Å². The lowest BCUT2D eigenvalue weighted by molar-refractivity contribution is 0.0997. The summed E-state index contributed by atoms with van der Waals surface area (Å²) < 4.78 is 19.7. The molecule has 8 heteroatoms. The van der Waals surface area contributed by atoms with Crippen molar-refractivity contribution in [2.24, 2.45) is 0 Å². The van der Waals surface area contributed by atoms with Gasteiger partial charge in [0.25, 0.3) is 5.91 Å². The van der Waals surface area contributed by atoms with E-state index in [0.717, 1.165) is 43.0 Å². The Bertz CT molecular complexity index is 1370. The number of amides is 1. The van der Waals surface area contributed by atoms with Crippen LogP contribution in [-0.2, 0) is 6.54 Å². The second kappa shape index (κ2) is 10.7. The van der Waals surface area contributed by atoms with E-state index in [1.165, 1.54) is 6.07 Å². The van der Waals surface area contributed by atoms with Crippen molar-refractivity contribution in [3.8, 4) is 11.3 Å². The second-order valence-electron chi connectivity index (χ2n) is 8.65. The van der Waals surface area contributed by atoms with Gasteiger partial charge in [-0.1, -0.05) is 41.4 Å². The van der Waals surface area contributed by atoms with E-state index in [0.29, 0.717) is 28.0 Å². The molecule has 36 heavy (non-hydrogen) atoms. The van der Waals surface area contributed by atoms with Gasteiger partial charge in [-0.2, -0.15) is 0 Å². The Morgan fingerprint density at radius 1 is 0.889 bits per heavy atom. The highest BCUT2D eigenvalue weighted by molar-refractivity contribution is 6.42. The minimum absolute atomic E-state index is 0.155. The van der Waals surface area contributed by atoms with Gasteiger partial charge in [0.2, 0.25) is 0 Å². The van der Waals surface area contributed by atoms with Gasteiger partial charge in [-0.05, 0) is 60.7 Å². The zero-order valence-corrected chi connectivity index (χ0v) is 20.9.